The van der Waals surface area contributed by atoms with E-state index >= 15 is 0 Å². The van der Waals surface area contributed by atoms with Gasteiger partial charge < -0.3 is 14.8 Å². The number of aromatic nitrogens is 1. The summed E-state index contributed by atoms with van der Waals surface area (Å²) in [6, 6.07) is 10.6. The average molecular weight is 423 g/mol. The Morgan fingerprint density at radius 3 is 2.29 bits per heavy atom. The van der Waals surface area contributed by atoms with Crippen LogP contribution in [0.5, 0.6) is 11.6 Å². The predicted octanol–water partition coefficient (Wildman–Crippen LogP) is 5.05. The minimum Gasteiger partial charge on any atom is -0.478 e. The third kappa shape index (κ3) is 5.76. The molecule has 1 aliphatic rings. The van der Waals surface area contributed by atoms with E-state index in [1.165, 1.54) is 0 Å². The van der Waals surface area contributed by atoms with E-state index in [4.69, 9.17) is 32.7 Å². The molecule has 0 bridgehead atoms. The van der Waals surface area contributed by atoms with Gasteiger partial charge in [0.15, 0.2) is 5.60 Å². The summed E-state index contributed by atoms with van der Waals surface area (Å²) in [5.41, 5.74) is -0.978. The first-order valence-electron chi connectivity index (χ1n) is 9.35. The molecule has 0 unspecified atom stereocenters. The number of hydrogen-bond acceptors (Lipinski definition) is 4. The molecule has 1 N–H and O–H groups in total. The number of benzene rings is 1. The summed E-state index contributed by atoms with van der Waals surface area (Å²) in [6.07, 6.45) is 5.08. The predicted molar refractivity (Wildman–Crippen MR) is 110 cm³/mol. The monoisotopic (exact) mass is 422 g/mol. The van der Waals surface area contributed by atoms with Crippen LogP contribution in [-0.4, -0.2) is 28.6 Å². The maximum Gasteiger partial charge on any atom is 0.263 e. The minimum atomic E-state index is -0.978. The third-order valence-electron chi connectivity index (χ3n) is 4.73. The summed E-state index contributed by atoms with van der Waals surface area (Å²) in [5, 5.41) is 4.32. The second-order valence-electron chi connectivity index (χ2n) is 7.45. The summed E-state index contributed by atoms with van der Waals surface area (Å²) < 4.78 is 11.8. The van der Waals surface area contributed by atoms with Gasteiger partial charge in [0.05, 0.1) is 5.02 Å². The molecular weight excluding hydrogens is 399 g/mol. The fraction of sp³-hybridized carbons (Fsp3) is 0.429. The number of carbonyl (C=O) groups is 1. The molecule has 0 atom stereocenters. The quantitative estimate of drug-likeness (QED) is 0.706. The van der Waals surface area contributed by atoms with Crippen molar-refractivity contribution in [2.24, 2.45) is 0 Å². The normalized spacial score (nSPS) is 19.7. The van der Waals surface area contributed by atoms with E-state index in [0.29, 0.717) is 21.7 Å². The molecular formula is C21H24Cl2N2O3. The number of ether oxygens (including phenoxy) is 2. The van der Waals surface area contributed by atoms with Gasteiger partial charge in [0.1, 0.15) is 11.9 Å². The number of nitrogens with zero attached hydrogens (tertiary/aromatic N) is 1. The number of hydrogen-bond donors (Lipinski definition) is 1. The van der Waals surface area contributed by atoms with Crippen LogP contribution in [-0.2, 0) is 4.79 Å². The van der Waals surface area contributed by atoms with Crippen LogP contribution < -0.4 is 14.8 Å². The lowest BCUT2D eigenvalue weighted by atomic mass is 9.92. The second kappa shape index (κ2) is 9.01. The summed E-state index contributed by atoms with van der Waals surface area (Å²) in [7, 11) is 0. The number of carbonyl (C=O) groups excluding carboxylic acids is 1. The van der Waals surface area contributed by atoms with Crippen LogP contribution in [0.1, 0.15) is 39.5 Å². The van der Waals surface area contributed by atoms with Crippen LogP contribution in [0.15, 0.2) is 42.6 Å². The molecule has 1 aromatic carbocycles. The van der Waals surface area contributed by atoms with Crippen molar-refractivity contribution in [2.75, 3.05) is 0 Å². The van der Waals surface area contributed by atoms with Crippen molar-refractivity contribution in [3.8, 4) is 11.6 Å². The fourth-order valence-electron chi connectivity index (χ4n) is 3.13. The summed E-state index contributed by atoms with van der Waals surface area (Å²) in [4.78, 5) is 16.9. The molecule has 0 spiro atoms. The lowest BCUT2D eigenvalue weighted by Crippen LogP contribution is -2.51. The van der Waals surface area contributed by atoms with Crippen LogP contribution in [0.4, 0.5) is 0 Å². The molecule has 7 heteroatoms. The molecule has 0 saturated heterocycles. The summed E-state index contributed by atoms with van der Waals surface area (Å²) in [5.74, 6) is 1.05. The number of halogens is 2. The van der Waals surface area contributed by atoms with Crippen LogP contribution in [0.2, 0.25) is 10.0 Å². The lowest BCUT2D eigenvalue weighted by Gasteiger charge is -2.32. The Morgan fingerprint density at radius 1 is 1.04 bits per heavy atom. The lowest BCUT2D eigenvalue weighted by molar-refractivity contribution is -0.135. The summed E-state index contributed by atoms with van der Waals surface area (Å²) in [6.45, 7) is 3.52. The SMILES string of the molecule is CC(C)(Oc1ccc(Cl)cc1)C(=O)NC1CCC(Oc2ccc(Cl)cn2)CC1. The third-order valence-corrected chi connectivity index (χ3v) is 5.21. The first-order chi connectivity index (χ1) is 13.3. The topological polar surface area (TPSA) is 60.5 Å². The van der Waals surface area contributed by atoms with Gasteiger partial charge in [0.25, 0.3) is 5.91 Å². The van der Waals surface area contributed by atoms with Gasteiger partial charge in [-0.15, -0.1) is 0 Å². The molecule has 1 amide bonds. The molecule has 2 aromatic rings. The molecule has 1 aliphatic carbocycles. The van der Waals surface area contributed by atoms with E-state index in [0.717, 1.165) is 25.7 Å². The number of pyridine rings is 1. The molecule has 5 nitrogen and oxygen atoms in total. The number of nitrogens with one attached hydrogen (secondary N) is 1. The molecule has 3 rings (SSSR count). The van der Waals surface area contributed by atoms with Crippen molar-refractivity contribution in [3.63, 3.8) is 0 Å². The van der Waals surface area contributed by atoms with E-state index < -0.39 is 5.60 Å². The Hall–Kier alpha value is -1.98. The van der Waals surface area contributed by atoms with E-state index in [2.05, 4.69) is 10.3 Å². The maximum absolute atomic E-state index is 12.7. The molecule has 1 heterocycles. The zero-order chi connectivity index (χ0) is 20.1. The molecule has 28 heavy (non-hydrogen) atoms. The molecule has 0 aliphatic heterocycles. The van der Waals surface area contributed by atoms with Crippen molar-refractivity contribution in [1.29, 1.82) is 0 Å². The highest BCUT2D eigenvalue weighted by Crippen LogP contribution is 2.25. The second-order valence-corrected chi connectivity index (χ2v) is 8.32. The smallest absolute Gasteiger partial charge is 0.263 e. The largest absolute Gasteiger partial charge is 0.478 e. The van der Waals surface area contributed by atoms with Crippen LogP contribution in [0.3, 0.4) is 0 Å². The average Bonchev–Trinajstić information content (AvgIpc) is 2.67. The van der Waals surface area contributed by atoms with Gasteiger partial charge in [-0.05, 0) is 69.9 Å². The molecule has 1 saturated carbocycles. The van der Waals surface area contributed by atoms with Crippen molar-refractivity contribution < 1.29 is 14.3 Å². The highest BCUT2D eigenvalue weighted by atomic mass is 35.5. The maximum atomic E-state index is 12.7. The van der Waals surface area contributed by atoms with E-state index in [1.54, 1.807) is 56.4 Å². The Balaban J connectivity index is 1.47. The van der Waals surface area contributed by atoms with Gasteiger partial charge in [-0.2, -0.15) is 0 Å². The van der Waals surface area contributed by atoms with E-state index in [9.17, 15) is 4.79 Å². The summed E-state index contributed by atoms with van der Waals surface area (Å²) >= 11 is 11.7. The van der Waals surface area contributed by atoms with Gasteiger partial charge in [0.2, 0.25) is 5.88 Å². The molecule has 150 valence electrons. The van der Waals surface area contributed by atoms with E-state index in [-0.39, 0.29) is 18.1 Å². The zero-order valence-corrected chi connectivity index (χ0v) is 17.5. The number of amides is 1. The van der Waals surface area contributed by atoms with Gasteiger partial charge in [0, 0.05) is 23.3 Å². The Kier molecular flexibility index (Phi) is 6.68. The molecule has 0 radical (unpaired) electrons. The van der Waals surface area contributed by atoms with Gasteiger partial charge in [-0.3, -0.25) is 4.79 Å². The first kappa shape index (κ1) is 20.7. The van der Waals surface area contributed by atoms with Gasteiger partial charge in [-0.25, -0.2) is 4.98 Å². The number of rotatable bonds is 6. The highest BCUT2D eigenvalue weighted by molar-refractivity contribution is 6.30. The standard InChI is InChI=1S/C21H24Cl2N2O3/c1-21(2,28-18-8-3-14(22)4-9-18)20(26)25-16-6-10-17(11-7-16)27-19-12-5-15(23)13-24-19/h3-5,8-9,12-13,16-17H,6-7,10-11H2,1-2H3,(H,25,26). The first-order valence-corrected chi connectivity index (χ1v) is 10.1. The van der Waals surface area contributed by atoms with Crippen LogP contribution >= 0.6 is 23.2 Å². The van der Waals surface area contributed by atoms with Gasteiger partial charge >= 0.3 is 0 Å². The molecule has 1 fully saturated rings. The highest BCUT2D eigenvalue weighted by Gasteiger charge is 2.33. The van der Waals surface area contributed by atoms with Crippen molar-refractivity contribution in [1.82, 2.24) is 10.3 Å². The molecule has 1 aromatic heterocycles. The Morgan fingerprint density at radius 2 is 1.68 bits per heavy atom. The zero-order valence-electron chi connectivity index (χ0n) is 16.0. The van der Waals surface area contributed by atoms with E-state index in [1.807, 2.05) is 0 Å². The van der Waals surface area contributed by atoms with Crippen LogP contribution in [0.25, 0.3) is 0 Å². The van der Waals surface area contributed by atoms with Gasteiger partial charge in [-0.1, -0.05) is 23.2 Å². The van der Waals surface area contributed by atoms with Crippen molar-refractivity contribution in [2.45, 2.75) is 57.3 Å². The van der Waals surface area contributed by atoms with Crippen molar-refractivity contribution >= 4 is 29.1 Å². The van der Waals surface area contributed by atoms with Crippen LogP contribution in [0, 0.1) is 0 Å². The van der Waals surface area contributed by atoms with Crippen molar-refractivity contribution in [3.05, 3.63) is 52.6 Å². The Bertz CT molecular complexity index is 786. The Labute approximate surface area is 175 Å². The fourth-order valence-corrected chi connectivity index (χ4v) is 3.37. The minimum absolute atomic E-state index is 0.0974.